The topological polar surface area (TPSA) is 0 Å². The summed E-state index contributed by atoms with van der Waals surface area (Å²) in [5.74, 6) is 2.74. The van der Waals surface area contributed by atoms with Crippen molar-refractivity contribution >= 4 is 0 Å². The molecule has 0 aliphatic carbocycles. The van der Waals surface area contributed by atoms with Crippen molar-refractivity contribution in [1.29, 1.82) is 0 Å². The predicted octanol–water partition coefficient (Wildman–Crippen LogP) is 6.30. The molecule has 0 radical (unpaired) electrons. The molecule has 0 aliphatic rings. The Hall–Kier alpha value is 0. The van der Waals surface area contributed by atoms with Gasteiger partial charge in [0.15, 0.2) is 0 Å². The van der Waals surface area contributed by atoms with Gasteiger partial charge in [-0.05, 0) is 42.4 Å². The molecule has 2 unspecified atom stereocenters. The van der Waals surface area contributed by atoms with Crippen molar-refractivity contribution < 1.29 is 0 Å². The van der Waals surface area contributed by atoms with Crippen LogP contribution >= 0.6 is 0 Å². The van der Waals surface area contributed by atoms with Gasteiger partial charge in [0, 0.05) is 0 Å². The van der Waals surface area contributed by atoms with Gasteiger partial charge in [0.05, 0.1) is 0 Å². The van der Waals surface area contributed by atoms with Gasteiger partial charge in [-0.1, -0.05) is 67.7 Å². The lowest BCUT2D eigenvalue weighted by atomic mass is 9.77. The third-order valence-electron chi connectivity index (χ3n) is 4.87. The molecule has 0 N–H and O–H groups in total. The standard InChI is InChI=1S/C17H36/c1-8-15(11-12-17(6,7)10-3)13-16(9-2)14(4)5/h14-16H,8-13H2,1-7H3. The lowest BCUT2D eigenvalue weighted by Crippen LogP contribution is -2.16. The van der Waals surface area contributed by atoms with Gasteiger partial charge in [-0.25, -0.2) is 0 Å². The quantitative estimate of drug-likeness (QED) is 0.443. The van der Waals surface area contributed by atoms with E-state index >= 15 is 0 Å². The van der Waals surface area contributed by atoms with E-state index in [2.05, 4.69) is 48.5 Å². The Balaban J connectivity index is 4.15. The Kier molecular flexibility index (Phi) is 8.16. The maximum atomic E-state index is 2.42. The average molecular weight is 240 g/mol. The molecule has 0 spiro atoms. The summed E-state index contributed by atoms with van der Waals surface area (Å²) in [5, 5.41) is 0. The molecule has 104 valence electrons. The predicted molar refractivity (Wildman–Crippen MR) is 80.3 cm³/mol. The maximum absolute atomic E-state index is 2.42. The molecule has 0 heterocycles. The first kappa shape index (κ1) is 17.0. The van der Waals surface area contributed by atoms with E-state index in [0.29, 0.717) is 5.41 Å². The van der Waals surface area contributed by atoms with Crippen molar-refractivity contribution in [2.45, 2.75) is 87.0 Å². The molecule has 0 saturated carbocycles. The highest BCUT2D eigenvalue weighted by molar-refractivity contribution is 4.72. The summed E-state index contributed by atoms with van der Waals surface area (Å²) in [7, 11) is 0. The van der Waals surface area contributed by atoms with E-state index in [0.717, 1.165) is 17.8 Å². The summed E-state index contributed by atoms with van der Waals surface area (Å²) < 4.78 is 0. The van der Waals surface area contributed by atoms with Gasteiger partial charge in [-0.3, -0.25) is 0 Å². The molecule has 0 amide bonds. The summed E-state index contributed by atoms with van der Waals surface area (Å²) >= 11 is 0. The van der Waals surface area contributed by atoms with Gasteiger partial charge in [-0.15, -0.1) is 0 Å². The molecule has 0 saturated heterocycles. The third-order valence-corrected chi connectivity index (χ3v) is 4.87. The molecule has 0 nitrogen and oxygen atoms in total. The highest BCUT2D eigenvalue weighted by Gasteiger charge is 2.20. The molecule has 0 aromatic heterocycles. The average Bonchev–Trinajstić information content (AvgIpc) is 2.29. The van der Waals surface area contributed by atoms with E-state index in [-0.39, 0.29) is 0 Å². The number of hydrogen-bond acceptors (Lipinski definition) is 0. The van der Waals surface area contributed by atoms with Gasteiger partial charge < -0.3 is 0 Å². The van der Waals surface area contributed by atoms with Gasteiger partial charge in [0.25, 0.3) is 0 Å². The molecule has 2 atom stereocenters. The first-order chi connectivity index (χ1) is 7.86. The largest absolute Gasteiger partial charge is 0.0651 e. The van der Waals surface area contributed by atoms with Gasteiger partial charge in [-0.2, -0.15) is 0 Å². The van der Waals surface area contributed by atoms with E-state index in [1.807, 2.05) is 0 Å². The minimum Gasteiger partial charge on any atom is -0.0651 e. The van der Waals surface area contributed by atoms with Crippen molar-refractivity contribution in [1.82, 2.24) is 0 Å². The monoisotopic (exact) mass is 240 g/mol. The van der Waals surface area contributed by atoms with Crippen LogP contribution in [0.15, 0.2) is 0 Å². The van der Waals surface area contributed by atoms with Gasteiger partial charge in [0.2, 0.25) is 0 Å². The number of rotatable bonds is 9. The molecule has 0 aliphatic heterocycles. The highest BCUT2D eigenvalue weighted by atomic mass is 14.3. The SMILES string of the molecule is CCC(CCC(C)(C)CC)CC(CC)C(C)C. The molecule has 0 aromatic rings. The number of hydrogen-bond donors (Lipinski definition) is 0. The Morgan fingerprint density at radius 1 is 0.941 bits per heavy atom. The Morgan fingerprint density at radius 2 is 1.53 bits per heavy atom. The van der Waals surface area contributed by atoms with Crippen molar-refractivity contribution in [2.24, 2.45) is 23.2 Å². The van der Waals surface area contributed by atoms with Crippen LogP contribution in [0.5, 0.6) is 0 Å². The third kappa shape index (κ3) is 7.11. The zero-order chi connectivity index (χ0) is 13.5. The Labute approximate surface area is 111 Å². The molecule has 0 aromatic carbocycles. The second-order valence-electron chi connectivity index (χ2n) is 6.98. The van der Waals surface area contributed by atoms with Crippen molar-refractivity contribution in [3.8, 4) is 0 Å². The fraction of sp³-hybridized carbons (Fsp3) is 1.00. The summed E-state index contributed by atoms with van der Waals surface area (Å²) in [5.41, 5.74) is 0.549. The molecule has 0 fully saturated rings. The minimum absolute atomic E-state index is 0.549. The molecular formula is C17H36. The molecule has 0 heteroatoms. The zero-order valence-electron chi connectivity index (χ0n) is 13.5. The van der Waals surface area contributed by atoms with Crippen LogP contribution in [0.3, 0.4) is 0 Å². The van der Waals surface area contributed by atoms with Crippen LogP contribution in [-0.4, -0.2) is 0 Å². The van der Waals surface area contributed by atoms with Crippen LogP contribution in [0.25, 0.3) is 0 Å². The molecule has 0 rings (SSSR count). The second-order valence-corrected chi connectivity index (χ2v) is 6.98. The maximum Gasteiger partial charge on any atom is -0.0357 e. The smallest absolute Gasteiger partial charge is 0.0357 e. The van der Waals surface area contributed by atoms with Crippen molar-refractivity contribution in [3.63, 3.8) is 0 Å². The van der Waals surface area contributed by atoms with E-state index in [9.17, 15) is 0 Å². The first-order valence-electron chi connectivity index (χ1n) is 7.86. The van der Waals surface area contributed by atoms with Crippen LogP contribution in [0.1, 0.15) is 87.0 Å². The summed E-state index contributed by atoms with van der Waals surface area (Å²) in [6.07, 6.45) is 8.31. The lowest BCUT2D eigenvalue weighted by Gasteiger charge is -2.28. The molecule has 17 heavy (non-hydrogen) atoms. The van der Waals surface area contributed by atoms with Crippen LogP contribution in [0.4, 0.5) is 0 Å². The minimum atomic E-state index is 0.549. The van der Waals surface area contributed by atoms with Crippen LogP contribution < -0.4 is 0 Å². The molecular weight excluding hydrogens is 204 g/mol. The van der Waals surface area contributed by atoms with Gasteiger partial charge in [0.1, 0.15) is 0 Å². The Morgan fingerprint density at radius 3 is 1.88 bits per heavy atom. The Bertz CT molecular complexity index is 178. The summed E-state index contributed by atoms with van der Waals surface area (Å²) in [6, 6.07) is 0. The van der Waals surface area contributed by atoms with Crippen molar-refractivity contribution in [2.75, 3.05) is 0 Å². The van der Waals surface area contributed by atoms with Crippen LogP contribution in [-0.2, 0) is 0 Å². The van der Waals surface area contributed by atoms with Crippen LogP contribution in [0.2, 0.25) is 0 Å². The molecule has 0 bridgehead atoms. The van der Waals surface area contributed by atoms with E-state index in [1.54, 1.807) is 0 Å². The van der Waals surface area contributed by atoms with Crippen molar-refractivity contribution in [3.05, 3.63) is 0 Å². The normalized spacial score (nSPS) is 16.2. The summed E-state index contributed by atoms with van der Waals surface area (Å²) in [6.45, 7) is 16.7. The van der Waals surface area contributed by atoms with Gasteiger partial charge >= 0.3 is 0 Å². The zero-order valence-corrected chi connectivity index (χ0v) is 13.5. The fourth-order valence-corrected chi connectivity index (χ4v) is 2.60. The van der Waals surface area contributed by atoms with E-state index in [4.69, 9.17) is 0 Å². The highest BCUT2D eigenvalue weighted by Crippen LogP contribution is 2.33. The lowest BCUT2D eigenvalue weighted by molar-refractivity contribution is 0.232. The van der Waals surface area contributed by atoms with Crippen LogP contribution in [0, 0.1) is 23.2 Å². The fourth-order valence-electron chi connectivity index (χ4n) is 2.60. The summed E-state index contributed by atoms with van der Waals surface area (Å²) in [4.78, 5) is 0. The second kappa shape index (κ2) is 8.16. The van der Waals surface area contributed by atoms with E-state index in [1.165, 1.54) is 38.5 Å². The van der Waals surface area contributed by atoms with E-state index < -0.39 is 0 Å². The first-order valence-corrected chi connectivity index (χ1v) is 7.86.